The van der Waals surface area contributed by atoms with E-state index in [1.807, 2.05) is 30.3 Å². The maximum absolute atomic E-state index is 12.7. The average Bonchev–Trinajstić information content (AvgIpc) is 2.60. The second-order valence-corrected chi connectivity index (χ2v) is 5.31. The first-order valence-corrected chi connectivity index (χ1v) is 7.77. The van der Waals surface area contributed by atoms with Crippen LogP contribution in [0.2, 0.25) is 0 Å². The van der Waals surface area contributed by atoms with Crippen LogP contribution >= 0.6 is 0 Å². The van der Waals surface area contributed by atoms with Gasteiger partial charge in [0.1, 0.15) is 11.5 Å². The largest absolute Gasteiger partial charge is 0.497 e. The number of methoxy groups -OCH3 is 2. The minimum atomic E-state index is -0.173. The van der Waals surface area contributed by atoms with Crippen molar-refractivity contribution in [2.75, 3.05) is 19.5 Å². The molecular weight excluding hydrogens is 290 g/mol. The van der Waals surface area contributed by atoms with Gasteiger partial charge in [0.2, 0.25) is 5.91 Å². The Balaban J connectivity index is 2.22. The Hall–Kier alpha value is -2.49. The van der Waals surface area contributed by atoms with E-state index in [1.165, 1.54) is 0 Å². The summed E-state index contributed by atoms with van der Waals surface area (Å²) >= 11 is 0. The van der Waals surface area contributed by atoms with Gasteiger partial charge < -0.3 is 14.8 Å². The minimum Gasteiger partial charge on any atom is -0.497 e. The Morgan fingerprint density at radius 1 is 1.09 bits per heavy atom. The van der Waals surface area contributed by atoms with Gasteiger partial charge in [0.05, 0.1) is 25.8 Å². The second kappa shape index (κ2) is 8.22. The molecule has 0 saturated carbocycles. The van der Waals surface area contributed by atoms with E-state index in [0.29, 0.717) is 17.2 Å². The van der Waals surface area contributed by atoms with Crippen LogP contribution in [0.4, 0.5) is 5.69 Å². The third-order valence-electron chi connectivity index (χ3n) is 3.76. The van der Waals surface area contributed by atoms with Crippen molar-refractivity contribution in [3.8, 4) is 11.5 Å². The second-order valence-electron chi connectivity index (χ2n) is 5.31. The fourth-order valence-corrected chi connectivity index (χ4v) is 2.54. The normalized spacial score (nSPS) is 11.6. The van der Waals surface area contributed by atoms with E-state index < -0.39 is 0 Å². The Morgan fingerprint density at radius 3 is 2.43 bits per heavy atom. The smallest absolute Gasteiger partial charge is 0.232 e. The summed E-state index contributed by atoms with van der Waals surface area (Å²) in [4.78, 5) is 12.7. The topological polar surface area (TPSA) is 47.6 Å². The van der Waals surface area contributed by atoms with Gasteiger partial charge in [0.15, 0.2) is 0 Å². The van der Waals surface area contributed by atoms with E-state index in [4.69, 9.17) is 9.47 Å². The monoisotopic (exact) mass is 313 g/mol. The summed E-state index contributed by atoms with van der Waals surface area (Å²) in [6.07, 6.45) is 1.74. The van der Waals surface area contributed by atoms with Gasteiger partial charge in [-0.25, -0.2) is 0 Å². The van der Waals surface area contributed by atoms with E-state index in [9.17, 15) is 4.79 Å². The maximum Gasteiger partial charge on any atom is 0.232 e. The van der Waals surface area contributed by atoms with E-state index in [2.05, 4.69) is 12.2 Å². The summed E-state index contributed by atoms with van der Waals surface area (Å²) < 4.78 is 10.5. The fraction of sp³-hybridized carbons (Fsp3) is 0.316. The SMILES string of the molecule is CCCC(C(=O)Nc1ccc(OC)cc1OC)c1ccccc1. The molecule has 0 aliphatic rings. The molecule has 0 fully saturated rings. The Morgan fingerprint density at radius 2 is 1.83 bits per heavy atom. The third kappa shape index (κ3) is 4.25. The van der Waals surface area contributed by atoms with E-state index in [0.717, 1.165) is 18.4 Å². The summed E-state index contributed by atoms with van der Waals surface area (Å²) in [6, 6.07) is 15.2. The van der Waals surface area contributed by atoms with Crippen LogP contribution in [-0.2, 0) is 4.79 Å². The molecule has 0 spiro atoms. The highest BCUT2D eigenvalue weighted by atomic mass is 16.5. The number of carbonyl (C=O) groups is 1. The first kappa shape index (κ1) is 16.9. The number of carbonyl (C=O) groups excluding carboxylic acids is 1. The third-order valence-corrected chi connectivity index (χ3v) is 3.76. The van der Waals surface area contributed by atoms with Gasteiger partial charge in [-0.15, -0.1) is 0 Å². The van der Waals surface area contributed by atoms with Crippen LogP contribution in [-0.4, -0.2) is 20.1 Å². The number of hydrogen-bond acceptors (Lipinski definition) is 3. The lowest BCUT2D eigenvalue weighted by Gasteiger charge is -2.18. The first-order valence-electron chi connectivity index (χ1n) is 7.77. The molecule has 1 atom stereocenters. The molecule has 1 N–H and O–H groups in total. The van der Waals surface area contributed by atoms with Crippen LogP contribution in [0.5, 0.6) is 11.5 Å². The maximum atomic E-state index is 12.7. The molecule has 1 unspecified atom stereocenters. The highest BCUT2D eigenvalue weighted by molar-refractivity contribution is 5.97. The van der Waals surface area contributed by atoms with Crippen molar-refractivity contribution in [2.45, 2.75) is 25.7 Å². The van der Waals surface area contributed by atoms with Crippen molar-refractivity contribution < 1.29 is 14.3 Å². The molecule has 122 valence electrons. The zero-order chi connectivity index (χ0) is 16.7. The number of amides is 1. The lowest BCUT2D eigenvalue weighted by atomic mass is 9.93. The van der Waals surface area contributed by atoms with Crippen molar-refractivity contribution in [1.29, 1.82) is 0 Å². The number of benzene rings is 2. The van der Waals surface area contributed by atoms with Gasteiger partial charge in [-0.3, -0.25) is 4.79 Å². The van der Waals surface area contributed by atoms with Gasteiger partial charge in [0.25, 0.3) is 0 Å². The van der Waals surface area contributed by atoms with Crippen LogP contribution in [0.25, 0.3) is 0 Å². The zero-order valence-corrected chi connectivity index (χ0v) is 13.8. The predicted molar refractivity (Wildman–Crippen MR) is 92.3 cm³/mol. The number of hydrogen-bond donors (Lipinski definition) is 1. The average molecular weight is 313 g/mol. The number of nitrogens with one attached hydrogen (secondary N) is 1. The molecule has 0 radical (unpaired) electrons. The molecule has 0 heterocycles. The first-order chi connectivity index (χ1) is 11.2. The Labute approximate surface area is 137 Å². The quantitative estimate of drug-likeness (QED) is 0.832. The van der Waals surface area contributed by atoms with Gasteiger partial charge in [-0.1, -0.05) is 43.7 Å². The molecule has 2 aromatic rings. The number of rotatable bonds is 7. The van der Waals surface area contributed by atoms with Crippen molar-refractivity contribution in [2.24, 2.45) is 0 Å². The highest BCUT2D eigenvalue weighted by Gasteiger charge is 2.20. The Kier molecular flexibility index (Phi) is 6.03. The number of ether oxygens (including phenoxy) is 2. The lowest BCUT2D eigenvalue weighted by molar-refractivity contribution is -0.117. The Bertz CT molecular complexity index is 640. The lowest BCUT2D eigenvalue weighted by Crippen LogP contribution is -2.21. The molecule has 0 aliphatic heterocycles. The van der Waals surface area contributed by atoms with Crippen molar-refractivity contribution in [3.05, 3.63) is 54.1 Å². The molecule has 0 aliphatic carbocycles. The van der Waals surface area contributed by atoms with Gasteiger partial charge in [0, 0.05) is 6.07 Å². The van der Waals surface area contributed by atoms with Gasteiger partial charge in [-0.05, 0) is 24.1 Å². The summed E-state index contributed by atoms with van der Waals surface area (Å²) in [5.41, 5.74) is 1.68. The van der Waals surface area contributed by atoms with Crippen molar-refractivity contribution in [1.82, 2.24) is 0 Å². The fourth-order valence-electron chi connectivity index (χ4n) is 2.54. The van der Waals surface area contributed by atoms with Crippen LogP contribution in [0.3, 0.4) is 0 Å². The molecule has 2 rings (SSSR count). The molecule has 2 aromatic carbocycles. The molecule has 0 bridgehead atoms. The molecule has 0 aromatic heterocycles. The van der Waals surface area contributed by atoms with Crippen LogP contribution in [0, 0.1) is 0 Å². The van der Waals surface area contributed by atoms with Crippen molar-refractivity contribution >= 4 is 11.6 Å². The van der Waals surface area contributed by atoms with Crippen LogP contribution in [0.1, 0.15) is 31.2 Å². The zero-order valence-electron chi connectivity index (χ0n) is 13.8. The van der Waals surface area contributed by atoms with Gasteiger partial charge in [-0.2, -0.15) is 0 Å². The minimum absolute atomic E-state index is 0.0264. The molecule has 1 amide bonds. The van der Waals surface area contributed by atoms with Crippen molar-refractivity contribution in [3.63, 3.8) is 0 Å². The standard InChI is InChI=1S/C19H23NO3/c1-4-8-16(14-9-6-5-7-10-14)19(21)20-17-12-11-15(22-2)13-18(17)23-3/h5-7,9-13,16H,4,8H2,1-3H3,(H,20,21). The van der Waals surface area contributed by atoms with E-state index >= 15 is 0 Å². The molecule has 0 saturated heterocycles. The predicted octanol–water partition coefficient (Wildman–Crippen LogP) is 4.23. The van der Waals surface area contributed by atoms with Gasteiger partial charge >= 0.3 is 0 Å². The van der Waals surface area contributed by atoms with E-state index in [-0.39, 0.29) is 11.8 Å². The summed E-state index contributed by atoms with van der Waals surface area (Å²) in [5, 5.41) is 2.98. The summed E-state index contributed by atoms with van der Waals surface area (Å²) in [5.74, 6) is 1.07. The summed E-state index contributed by atoms with van der Waals surface area (Å²) in [6.45, 7) is 2.08. The summed E-state index contributed by atoms with van der Waals surface area (Å²) in [7, 11) is 3.17. The molecule has 4 heteroatoms. The van der Waals surface area contributed by atoms with E-state index in [1.54, 1.807) is 32.4 Å². The van der Waals surface area contributed by atoms with Crippen LogP contribution in [0.15, 0.2) is 48.5 Å². The molecule has 23 heavy (non-hydrogen) atoms. The van der Waals surface area contributed by atoms with Crippen LogP contribution < -0.4 is 14.8 Å². The number of anilines is 1. The highest BCUT2D eigenvalue weighted by Crippen LogP contribution is 2.31. The molecule has 4 nitrogen and oxygen atoms in total. The molecular formula is C19H23NO3.